The highest BCUT2D eigenvalue weighted by Gasteiger charge is 2.41. The number of carbonyl (C=O) groups is 1. The molecule has 2 aromatic carbocycles. The quantitative estimate of drug-likeness (QED) is 0.432. The number of nitrogens with zero attached hydrogens (tertiary/aromatic N) is 4. The van der Waals surface area contributed by atoms with Crippen molar-refractivity contribution in [2.45, 2.75) is 45.2 Å². The van der Waals surface area contributed by atoms with Gasteiger partial charge in [0.2, 0.25) is 11.7 Å². The lowest BCUT2D eigenvalue weighted by molar-refractivity contribution is 0.0588. The van der Waals surface area contributed by atoms with Crippen LogP contribution in [0.2, 0.25) is 0 Å². The number of carbonyl (C=O) groups excluding carboxylic acids is 1. The van der Waals surface area contributed by atoms with E-state index in [1.807, 2.05) is 81.4 Å². The number of nitrogens with two attached hydrogens (primary N) is 1. The first kappa shape index (κ1) is 23.2. The number of fused-ring (bicyclic) bond motifs is 1. The monoisotopic (exact) mass is 459 g/mol. The van der Waals surface area contributed by atoms with E-state index in [1.165, 1.54) is 0 Å². The zero-order chi connectivity index (χ0) is 24.4. The third kappa shape index (κ3) is 4.19. The van der Waals surface area contributed by atoms with E-state index in [9.17, 15) is 14.7 Å². The molecule has 0 spiro atoms. The number of aromatic hydroxyl groups is 1. The summed E-state index contributed by atoms with van der Waals surface area (Å²) in [7, 11) is 0. The molecule has 1 atom stereocenters. The van der Waals surface area contributed by atoms with Crippen LogP contribution in [0.15, 0.2) is 70.5 Å². The molecule has 8 heteroatoms. The summed E-state index contributed by atoms with van der Waals surface area (Å²) < 4.78 is 1.60. The molecule has 176 valence electrons. The molecule has 3 aromatic rings. The van der Waals surface area contributed by atoms with Crippen LogP contribution < -0.4 is 11.3 Å². The summed E-state index contributed by atoms with van der Waals surface area (Å²) in [6, 6.07) is 19.4. The molecule has 8 nitrogen and oxygen atoms in total. The van der Waals surface area contributed by atoms with E-state index in [0.29, 0.717) is 13.0 Å². The number of hydrogen-bond acceptors (Lipinski definition) is 5. The van der Waals surface area contributed by atoms with Crippen LogP contribution in [0.5, 0.6) is 5.75 Å². The number of benzene rings is 2. The number of amidine groups is 1. The molecule has 2 heterocycles. The van der Waals surface area contributed by atoms with Crippen LogP contribution in [0.4, 0.5) is 5.95 Å². The van der Waals surface area contributed by atoms with E-state index in [-0.39, 0.29) is 29.4 Å². The van der Waals surface area contributed by atoms with Gasteiger partial charge in [-0.25, -0.2) is 4.99 Å². The minimum atomic E-state index is -0.900. The lowest BCUT2D eigenvalue weighted by Gasteiger charge is -2.42. The molecule has 0 radical (unpaired) electrons. The van der Waals surface area contributed by atoms with Gasteiger partial charge in [0.1, 0.15) is 5.84 Å². The number of amides is 1. The molecule has 0 saturated heterocycles. The Bertz CT molecular complexity index is 1230. The Morgan fingerprint density at radius 3 is 2.15 bits per heavy atom. The van der Waals surface area contributed by atoms with Gasteiger partial charge in [0.25, 0.3) is 5.91 Å². The minimum absolute atomic E-state index is 0.0239. The highest BCUT2D eigenvalue weighted by molar-refractivity contribution is 5.96. The average Bonchev–Trinajstić information content (AvgIpc) is 2.84. The van der Waals surface area contributed by atoms with Crippen LogP contribution in [-0.2, 0) is 0 Å². The van der Waals surface area contributed by atoms with Gasteiger partial charge in [0.15, 0.2) is 5.69 Å². The molecule has 0 saturated carbocycles. The molecule has 34 heavy (non-hydrogen) atoms. The van der Waals surface area contributed by atoms with E-state index >= 15 is 0 Å². The van der Waals surface area contributed by atoms with Crippen molar-refractivity contribution in [3.8, 4) is 5.75 Å². The van der Waals surface area contributed by atoms with Gasteiger partial charge in [-0.3, -0.25) is 14.2 Å². The largest absolute Gasteiger partial charge is 0.501 e. The fourth-order valence-corrected chi connectivity index (χ4v) is 4.48. The van der Waals surface area contributed by atoms with Crippen molar-refractivity contribution in [2.75, 3.05) is 6.54 Å². The molecule has 1 aliphatic heterocycles. The number of aliphatic imine (C=N–C) groups is 1. The summed E-state index contributed by atoms with van der Waals surface area (Å²) in [4.78, 5) is 36.1. The van der Waals surface area contributed by atoms with Gasteiger partial charge in [-0.15, -0.1) is 0 Å². The topological polar surface area (TPSA) is 114 Å². The fraction of sp³-hybridized carbons (Fsp3) is 0.308. The van der Waals surface area contributed by atoms with Gasteiger partial charge in [0, 0.05) is 24.9 Å². The van der Waals surface area contributed by atoms with E-state index in [4.69, 9.17) is 5.73 Å². The number of hydrogen-bond donors (Lipinski definition) is 2. The van der Waals surface area contributed by atoms with Crippen molar-refractivity contribution in [1.82, 2.24) is 14.5 Å². The van der Waals surface area contributed by atoms with Gasteiger partial charge in [0.05, 0.1) is 6.04 Å². The van der Waals surface area contributed by atoms with Gasteiger partial charge in [-0.1, -0.05) is 67.6 Å². The summed E-state index contributed by atoms with van der Waals surface area (Å²) >= 11 is 0. The zero-order valence-electron chi connectivity index (χ0n) is 19.5. The van der Waals surface area contributed by atoms with Crippen LogP contribution in [0.25, 0.3) is 0 Å². The first-order valence-electron chi connectivity index (χ1n) is 11.4. The second-order valence-electron chi connectivity index (χ2n) is 8.66. The van der Waals surface area contributed by atoms with E-state index in [2.05, 4.69) is 9.98 Å². The van der Waals surface area contributed by atoms with Gasteiger partial charge in [-0.2, -0.15) is 4.98 Å². The third-order valence-electron chi connectivity index (χ3n) is 6.19. The van der Waals surface area contributed by atoms with Crippen molar-refractivity contribution >= 4 is 17.7 Å². The van der Waals surface area contributed by atoms with Gasteiger partial charge >= 0.3 is 5.56 Å². The predicted molar refractivity (Wildman–Crippen MR) is 132 cm³/mol. The van der Waals surface area contributed by atoms with Crippen molar-refractivity contribution < 1.29 is 9.90 Å². The Morgan fingerprint density at radius 1 is 1.09 bits per heavy atom. The highest BCUT2D eigenvalue weighted by atomic mass is 16.3. The van der Waals surface area contributed by atoms with Crippen LogP contribution in [-0.4, -0.2) is 43.9 Å². The maximum absolute atomic E-state index is 13.5. The SMILES string of the molecule is CCC(N)=Nc1nc(=O)c(O)c2n1[C@@H](C(c1ccccc1)c1ccccc1)CN(C(C)C)C2=O. The summed E-state index contributed by atoms with van der Waals surface area (Å²) in [6.45, 7) is 6.01. The lowest BCUT2D eigenvalue weighted by Crippen LogP contribution is -2.49. The van der Waals surface area contributed by atoms with Crippen LogP contribution in [0.1, 0.15) is 60.8 Å². The molecule has 1 aliphatic rings. The molecule has 3 N–H and O–H groups in total. The second-order valence-corrected chi connectivity index (χ2v) is 8.66. The molecule has 0 fully saturated rings. The Labute approximate surface area is 198 Å². The molecular weight excluding hydrogens is 430 g/mol. The molecule has 1 amide bonds. The highest BCUT2D eigenvalue weighted by Crippen LogP contribution is 2.42. The second kappa shape index (κ2) is 9.51. The van der Waals surface area contributed by atoms with Gasteiger partial charge in [-0.05, 0) is 25.0 Å². The van der Waals surface area contributed by atoms with Crippen molar-refractivity contribution in [2.24, 2.45) is 10.7 Å². The Hall–Kier alpha value is -3.94. The zero-order valence-corrected chi connectivity index (χ0v) is 19.5. The van der Waals surface area contributed by atoms with Gasteiger partial charge < -0.3 is 15.7 Å². The van der Waals surface area contributed by atoms with E-state index in [1.54, 1.807) is 9.47 Å². The summed E-state index contributed by atoms with van der Waals surface area (Å²) in [5.41, 5.74) is 7.06. The smallest absolute Gasteiger partial charge is 0.317 e. The van der Waals surface area contributed by atoms with Crippen LogP contribution in [0, 0.1) is 0 Å². The number of aromatic nitrogens is 2. The molecule has 0 unspecified atom stereocenters. The lowest BCUT2D eigenvalue weighted by atomic mass is 9.83. The fourth-order valence-electron chi connectivity index (χ4n) is 4.48. The van der Waals surface area contributed by atoms with E-state index in [0.717, 1.165) is 11.1 Å². The maximum Gasteiger partial charge on any atom is 0.317 e. The number of rotatable bonds is 6. The van der Waals surface area contributed by atoms with Crippen molar-refractivity contribution in [3.63, 3.8) is 0 Å². The summed E-state index contributed by atoms with van der Waals surface area (Å²) in [6.07, 6.45) is 0.448. The first-order chi connectivity index (χ1) is 16.3. The van der Waals surface area contributed by atoms with Crippen LogP contribution in [0.3, 0.4) is 0 Å². The Morgan fingerprint density at radius 2 is 1.65 bits per heavy atom. The Kier molecular flexibility index (Phi) is 6.49. The van der Waals surface area contributed by atoms with E-state index < -0.39 is 23.3 Å². The molecular formula is C26H29N5O3. The summed E-state index contributed by atoms with van der Waals surface area (Å²) in [5.74, 6) is -1.02. The van der Waals surface area contributed by atoms with Crippen molar-refractivity contribution in [1.29, 1.82) is 0 Å². The maximum atomic E-state index is 13.5. The Balaban J connectivity index is 2.06. The normalized spacial score (nSPS) is 16.3. The molecule has 0 bridgehead atoms. The third-order valence-corrected chi connectivity index (χ3v) is 6.19. The first-order valence-corrected chi connectivity index (χ1v) is 11.4. The standard InChI is InChI=1S/C26H29N5O3/c1-4-20(27)28-26-29-24(33)23(32)22-25(34)30(16(2)3)15-19(31(22)26)21(17-11-7-5-8-12-17)18-13-9-6-10-14-18/h5-14,16,19,21,32H,4,15H2,1-3H3,(H2,27,28,29,33)/t19-/m1/s1. The van der Waals surface area contributed by atoms with Crippen LogP contribution >= 0.6 is 0 Å². The van der Waals surface area contributed by atoms with Crippen molar-refractivity contribution in [3.05, 3.63) is 87.8 Å². The molecule has 1 aromatic heterocycles. The average molecular weight is 460 g/mol. The molecule has 4 rings (SSSR count). The predicted octanol–water partition coefficient (Wildman–Crippen LogP) is 3.59. The summed E-state index contributed by atoms with van der Waals surface area (Å²) in [5, 5.41) is 10.7. The molecule has 0 aliphatic carbocycles. The minimum Gasteiger partial charge on any atom is -0.501 e.